The van der Waals surface area contributed by atoms with Crippen molar-refractivity contribution in [3.8, 4) is 0 Å². The third-order valence-corrected chi connectivity index (χ3v) is 14.3. The third kappa shape index (κ3) is 3.39. The van der Waals surface area contributed by atoms with Gasteiger partial charge >= 0.3 is 165 Å². The molecule has 0 spiro atoms. The van der Waals surface area contributed by atoms with Crippen molar-refractivity contribution in [1.82, 2.24) is 0 Å². The van der Waals surface area contributed by atoms with Crippen LogP contribution in [0.15, 0.2) is 76.7 Å². The first-order valence-corrected chi connectivity index (χ1v) is 13.7. The van der Waals surface area contributed by atoms with Crippen LogP contribution in [0.4, 0.5) is 0 Å². The zero-order valence-corrected chi connectivity index (χ0v) is 20.3. The Kier molecular flexibility index (Phi) is 6.33. The monoisotopic (exact) mass is 464 g/mol. The van der Waals surface area contributed by atoms with E-state index in [0.717, 1.165) is 11.5 Å². The van der Waals surface area contributed by atoms with Gasteiger partial charge < -0.3 is 24.8 Å². The van der Waals surface area contributed by atoms with Gasteiger partial charge in [0.1, 0.15) is 0 Å². The summed E-state index contributed by atoms with van der Waals surface area (Å²) in [5.74, 6) is 3.14. The van der Waals surface area contributed by atoms with E-state index in [9.17, 15) is 0 Å². The second-order valence-corrected chi connectivity index (χ2v) is 15.0. The molecule has 0 amide bonds. The van der Waals surface area contributed by atoms with E-state index in [2.05, 4.69) is 52.0 Å². The van der Waals surface area contributed by atoms with Crippen LogP contribution in [0, 0.1) is 11.8 Å². The summed E-state index contributed by atoms with van der Waals surface area (Å²) in [4.78, 5) is 0. The SMILES string of the molecule is CC1=CC(C)[C]([Ti+2]2([C]3=C(c4ccco4)C(C)=CC3C)[CH2][CH2]2)=C1c1ccco1.[Cl-].[Cl-]. The van der Waals surface area contributed by atoms with Crippen LogP contribution in [-0.2, 0) is 16.6 Å². The van der Waals surface area contributed by atoms with Crippen LogP contribution in [0.5, 0.6) is 0 Å². The van der Waals surface area contributed by atoms with E-state index in [4.69, 9.17) is 8.83 Å². The van der Waals surface area contributed by atoms with Gasteiger partial charge in [0.05, 0.1) is 0 Å². The zero-order valence-electron chi connectivity index (χ0n) is 17.3. The van der Waals surface area contributed by atoms with Gasteiger partial charge in [0.25, 0.3) is 0 Å². The van der Waals surface area contributed by atoms with Gasteiger partial charge in [-0.2, -0.15) is 0 Å². The fourth-order valence-electron chi connectivity index (χ4n) is 5.62. The smallest absolute Gasteiger partial charge is 1.00 e. The zero-order chi connectivity index (χ0) is 18.8. The molecule has 2 atom stereocenters. The molecule has 1 saturated heterocycles. The van der Waals surface area contributed by atoms with Crippen molar-refractivity contribution in [2.45, 2.75) is 37.1 Å². The van der Waals surface area contributed by atoms with Gasteiger partial charge in [-0.1, -0.05) is 0 Å². The van der Waals surface area contributed by atoms with E-state index in [1.54, 1.807) is 20.3 Å². The molecule has 2 aliphatic carbocycles. The first-order valence-electron chi connectivity index (χ1n) is 9.97. The quantitative estimate of drug-likeness (QED) is 0.635. The molecule has 2 aromatic heterocycles. The number of allylic oxidation sites excluding steroid dienone is 8. The Morgan fingerprint density at radius 2 is 1.17 bits per heavy atom. The van der Waals surface area contributed by atoms with Crippen molar-refractivity contribution in [2.75, 3.05) is 0 Å². The van der Waals surface area contributed by atoms with Gasteiger partial charge in [-0.3, -0.25) is 0 Å². The number of halogens is 2. The maximum atomic E-state index is 5.88. The predicted octanol–water partition coefficient (Wildman–Crippen LogP) is 1.20. The van der Waals surface area contributed by atoms with E-state index >= 15 is 0 Å². The van der Waals surface area contributed by atoms with Gasteiger partial charge in [-0.05, 0) is 0 Å². The van der Waals surface area contributed by atoms with Crippen molar-refractivity contribution >= 4 is 11.1 Å². The van der Waals surface area contributed by atoms with Crippen LogP contribution in [0.1, 0.15) is 39.2 Å². The molecule has 5 rings (SSSR count). The van der Waals surface area contributed by atoms with Crippen molar-refractivity contribution in [3.05, 3.63) is 79.4 Å². The molecule has 152 valence electrons. The summed E-state index contributed by atoms with van der Waals surface area (Å²) < 4.78 is 18.0. The summed E-state index contributed by atoms with van der Waals surface area (Å²) in [6.45, 7) is 9.27. The van der Waals surface area contributed by atoms with Crippen LogP contribution in [0.2, 0.25) is 9.45 Å². The van der Waals surface area contributed by atoms with E-state index in [0.29, 0.717) is 11.8 Å². The standard InChI is InChI=1S/2C11H11O.C2H4.2ClH.Ti/c2*1-8-6-9(2)10(7-8)11-4-3-5-12-11;1-2;;;/h2*3-6,8H,1-2H3;1-2H2;2*1H;/q;;;;;+2/p-2. The molecule has 0 aromatic carbocycles. The first kappa shape index (κ1) is 22.5. The Hall–Kier alpha value is -1.19. The molecule has 2 unspecified atom stereocenters. The topological polar surface area (TPSA) is 26.3 Å². The first-order chi connectivity index (χ1) is 13.0. The third-order valence-electron chi connectivity index (χ3n) is 6.55. The molecule has 2 aromatic rings. The number of rotatable bonds is 4. The minimum Gasteiger partial charge on any atom is -1.00 e. The van der Waals surface area contributed by atoms with E-state index in [-0.39, 0.29) is 24.8 Å². The van der Waals surface area contributed by atoms with Gasteiger partial charge in [0.2, 0.25) is 0 Å². The molecular weight excluding hydrogens is 439 g/mol. The van der Waals surface area contributed by atoms with Crippen LogP contribution in [-0.4, -0.2) is 0 Å². The Morgan fingerprint density at radius 1 is 0.759 bits per heavy atom. The van der Waals surface area contributed by atoms with Gasteiger partial charge in [0.15, 0.2) is 0 Å². The predicted molar refractivity (Wildman–Crippen MR) is 107 cm³/mol. The van der Waals surface area contributed by atoms with Crippen LogP contribution in [0.3, 0.4) is 0 Å². The minimum absolute atomic E-state index is 0. The second kappa shape index (κ2) is 8.15. The van der Waals surface area contributed by atoms with Gasteiger partial charge in [-0.25, -0.2) is 0 Å². The van der Waals surface area contributed by atoms with Crippen molar-refractivity contribution in [1.29, 1.82) is 0 Å². The van der Waals surface area contributed by atoms with Crippen LogP contribution in [0.25, 0.3) is 11.1 Å². The summed E-state index contributed by atoms with van der Waals surface area (Å²) in [5.41, 5.74) is 5.60. The summed E-state index contributed by atoms with van der Waals surface area (Å²) in [6, 6.07) is 8.29. The van der Waals surface area contributed by atoms with E-state index < -0.39 is 16.6 Å². The molecule has 5 heteroatoms. The normalized spacial score (nSPS) is 23.7. The number of hydrogen-bond donors (Lipinski definition) is 0. The molecule has 3 aliphatic rings. The van der Waals surface area contributed by atoms with Crippen molar-refractivity contribution < 1.29 is 50.2 Å². The summed E-state index contributed by atoms with van der Waals surface area (Å²) in [5, 5.41) is 0. The van der Waals surface area contributed by atoms with Crippen LogP contribution < -0.4 is 24.8 Å². The van der Waals surface area contributed by atoms with Crippen LogP contribution >= 0.6 is 0 Å². The van der Waals surface area contributed by atoms with Gasteiger partial charge in [-0.15, -0.1) is 0 Å². The molecule has 0 saturated carbocycles. The average Bonchev–Trinajstić information content (AvgIpc) is 3.09. The average molecular weight is 465 g/mol. The second-order valence-electron chi connectivity index (χ2n) is 8.39. The molecule has 1 fully saturated rings. The Bertz CT molecular complexity index is 939. The molecule has 2 nitrogen and oxygen atoms in total. The molecule has 1 aliphatic heterocycles. The minimum atomic E-state index is -2.34. The van der Waals surface area contributed by atoms with E-state index in [1.807, 2.05) is 12.1 Å². The molecular formula is C24H26Cl2O2Ti. The van der Waals surface area contributed by atoms with Crippen molar-refractivity contribution in [3.63, 3.8) is 0 Å². The van der Waals surface area contributed by atoms with Gasteiger partial charge in [0, 0.05) is 0 Å². The Morgan fingerprint density at radius 3 is 1.48 bits per heavy atom. The van der Waals surface area contributed by atoms with E-state index in [1.165, 1.54) is 31.7 Å². The summed E-state index contributed by atoms with van der Waals surface area (Å²) in [7, 11) is 0. The maximum Gasteiger partial charge on any atom is -1.00 e. The fraction of sp³-hybridized carbons (Fsp3) is 0.333. The molecule has 0 bridgehead atoms. The Labute approximate surface area is 189 Å². The summed E-state index contributed by atoms with van der Waals surface area (Å²) in [6.07, 6.45) is 8.51. The Balaban J connectivity index is 0.00000120. The number of hydrogen-bond acceptors (Lipinski definition) is 2. The van der Waals surface area contributed by atoms with Crippen molar-refractivity contribution in [2.24, 2.45) is 11.8 Å². The largest absolute Gasteiger partial charge is 1.00 e. The molecule has 0 radical (unpaired) electrons. The molecule has 3 heterocycles. The molecule has 0 N–H and O–H groups in total. The summed E-state index contributed by atoms with van der Waals surface area (Å²) >= 11 is -2.34. The molecule has 29 heavy (non-hydrogen) atoms. The maximum absolute atomic E-state index is 5.88. The fourth-order valence-corrected chi connectivity index (χ4v) is 15.2. The number of furan rings is 2.